The Kier molecular flexibility index (Phi) is 22.4. The van der Waals surface area contributed by atoms with E-state index >= 15 is 0 Å². The predicted molar refractivity (Wildman–Crippen MR) is 276 cm³/mol. The summed E-state index contributed by atoms with van der Waals surface area (Å²) in [7, 11) is -14.5. The van der Waals surface area contributed by atoms with E-state index in [9.17, 15) is 100 Å². The zero-order valence-corrected chi connectivity index (χ0v) is 48.1. The molecule has 0 saturated carbocycles. The van der Waals surface area contributed by atoms with Gasteiger partial charge in [0.25, 0.3) is 17.3 Å². The Morgan fingerprint density at radius 3 is 1.06 bits per heavy atom. The maximum atomic E-state index is 14.6. The lowest BCUT2D eigenvalue weighted by Crippen LogP contribution is -2.62. The van der Waals surface area contributed by atoms with E-state index in [0.717, 1.165) is 67.8 Å². The molecule has 3 unspecified atom stereocenters. The summed E-state index contributed by atoms with van der Waals surface area (Å²) in [4.78, 5) is 1.66. The van der Waals surface area contributed by atoms with E-state index < -0.39 is 158 Å². The Morgan fingerprint density at radius 2 is 0.733 bits per heavy atom. The van der Waals surface area contributed by atoms with E-state index in [1.807, 2.05) is 0 Å². The molecule has 0 bridgehead atoms. The lowest BCUT2D eigenvalue weighted by Gasteiger charge is -2.36. The van der Waals surface area contributed by atoms with E-state index in [2.05, 4.69) is 18.9 Å². The molecule has 6 rings (SSSR count). The SMILES string of the molecule is COCOC(COc1ccc([S+](c2ccc(COCOC(COc3ccc([S+](c4ccccc4)c4ccc(OC(C(F)(F)F)C(F)(F)S(=O)(=O)O)cc4)cc3)(C(F)(F)F)C(F)(F)F)cc2)c2ccc(OCC(F)(F)S(=O)(=O)O)cc2)cc1)(C(F)(F)F)C(F)(F)F. The molecule has 3 atom stereocenters. The van der Waals surface area contributed by atoms with Gasteiger partial charge in [-0.1, -0.05) is 30.3 Å². The Bertz CT molecular complexity index is 3500. The van der Waals surface area contributed by atoms with Crippen LogP contribution in [0.15, 0.2) is 181 Å². The van der Waals surface area contributed by atoms with Gasteiger partial charge in [-0.05, 0) is 127 Å². The molecule has 0 saturated heterocycles. The lowest BCUT2D eigenvalue weighted by atomic mass is 10.0. The molecule has 0 aliphatic heterocycles. The normalized spacial score (nSPS) is 14.6. The van der Waals surface area contributed by atoms with Crippen LogP contribution in [0.5, 0.6) is 23.0 Å². The van der Waals surface area contributed by atoms with E-state index in [1.54, 1.807) is 30.3 Å². The zero-order chi connectivity index (χ0) is 67.2. The zero-order valence-electron chi connectivity index (χ0n) is 44.9. The molecular formula is C53H43F19O14S4+2. The van der Waals surface area contributed by atoms with Gasteiger partial charge in [0.2, 0.25) is 0 Å². The minimum atomic E-state index is -6.65. The number of rotatable bonds is 28. The summed E-state index contributed by atoms with van der Waals surface area (Å²) < 4.78 is 367. The molecule has 14 nitrogen and oxygen atoms in total. The quantitative estimate of drug-likeness (QED) is 0.0156. The van der Waals surface area contributed by atoms with Crippen LogP contribution in [0.25, 0.3) is 0 Å². The number of ether oxygens (including phenoxy) is 8. The molecule has 0 aliphatic rings. The second kappa shape index (κ2) is 27.8. The molecule has 0 aliphatic carbocycles. The molecule has 494 valence electrons. The third-order valence-corrected chi connectivity index (χ3v) is 18.4. The first-order valence-electron chi connectivity index (χ1n) is 24.4. The van der Waals surface area contributed by atoms with Gasteiger partial charge in [-0.2, -0.15) is 100 Å². The minimum absolute atomic E-state index is 0.0711. The highest BCUT2D eigenvalue weighted by molar-refractivity contribution is 7.97. The lowest BCUT2D eigenvalue weighted by molar-refractivity contribution is -0.398. The van der Waals surface area contributed by atoms with Crippen LogP contribution in [0.2, 0.25) is 0 Å². The first kappa shape index (κ1) is 72.6. The number of methoxy groups -OCH3 is 1. The van der Waals surface area contributed by atoms with Crippen molar-refractivity contribution >= 4 is 42.0 Å². The van der Waals surface area contributed by atoms with Crippen molar-refractivity contribution < 1.29 is 147 Å². The van der Waals surface area contributed by atoms with Gasteiger partial charge in [-0.3, -0.25) is 9.11 Å². The number of hydrogen-bond acceptors (Lipinski definition) is 12. The fourth-order valence-corrected chi connectivity index (χ4v) is 12.3. The Balaban J connectivity index is 1.19. The van der Waals surface area contributed by atoms with Crippen LogP contribution in [0, 0.1) is 0 Å². The average Bonchev–Trinajstić information content (AvgIpc) is 0.852. The minimum Gasteiger partial charge on any atom is -0.490 e. The molecule has 0 fully saturated rings. The topological polar surface area (TPSA) is 183 Å². The molecule has 90 heavy (non-hydrogen) atoms. The second-order valence-corrected chi connectivity index (χ2v) is 25.4. The van der Waals surface area contributed by atoms with Gasteiger partial charge in [-0.15, -0.1) is 0 Å². The molecule has 0 aromatic heterocycles. The van der Waals surface area contributed by atoms with Gasteiger partial charge < -0.3 is 37.9 Å². The summed E-state index contributed by atoms with van der Waals surface area (Å²) in [6.45, 7) is -10.1. The standard InChI is InChI=1S/C53H41F19O14S4/c1-79-31-84-45(50(61,62)63,51(64,65)66)28-81-34-11-21-41(22-12-34)88(42-23-13-36(14-24-42)83-30-47(54,55)89(73,74)75)39-17-7-33(8-18-39)27-80-32-85-46(52(67,68)69,53(70,71)72)29-82-35-9-19-40(20-10-35)87(38-5-3-2-4-6-38)43-25-15-37(16-26-43)86-44(48(56,57)58)49(59,60)90(76,77)78/h2-26,44H,27-32H2,1H3/p+2. The van der Waals surface area contributed by atoms with E-state index in [-0.39, 0.29) is 35.8 Å². The van der Waals surface area contributed by atoms with Crippen LogP contribution in [0.3, 0.4) is 0 Å². The first-order valence-corrected chi connectivity index (χ1v) is 29.8. The molecular weight excluding hydrogens is 1350 g/mol. The average molecular weight is 1390 g/mol. The van der Waals surface area contributed by atoms with Gasteiger partial charge >= 0.3 is 61.6 Å². The maximum absolute atomic E-state index is 14.6. The van der Waals surface area contributed by atoms with E-state index in [0.29, 0.717) is 4.90 Å². The molecule has 0 spiro atoms. The van der Waals surface area contributed by atoms with Gasteiger partial charge in [-0.25, -0.2) is 0 Å². The summed E-state index contributed by atoms with van der Waals surface area (Å²) in [5.74, 6) is -2.45. The summed E-state index contributed by atoms with van der Waals surface area (Å²) in [6, 6.07) is 30.0. The smallest absolute Gasteiger partial charge is 0.432 e. The van der Waals surface area contributed by atoms with Gasteiger partial charge in [0, 0.05) is 7.11 Å². The van der Waals surface area contributed by atoms with E-state index in [1.165, 1.54) is 60.7 Å². The van der Waals surface area contributed by atoms with Crippen molar-refractivity contribution in [1.29, 1.82) is 0 Å². The summed E-state index contributed by atoms with van der Waals surface area (Å²) in [5.41, 5.74) is -9.86. The molecule has 2 N–H and O–H groups in total. The highest BCUT2D eigenvalue weighted by Crippen LogP contribution is 2.49. The Hall–Kier alpha value is -6.45. The molecule has 6 aromatic carbocycles. The molecule has 0 radical (unpaired) electrons. The Labute approximate surface area is 502 Å². The van der Waals surface area contributed by atoms with Crippen molar-refractivity contribution in [2.45, 2.75) is 94.7 Å². The first-order chi connectivity index (χ1) is 41.5. The van der Waals surface area contributed by atoms with Gasteiger partial charge in [0.1, 0.15) is 49.8 Å². The van der Waals surface area contributed by atoms with Crippen LogP contribution >= 0.6 is 0 Å². The predicted octanol–water partition coefficient (Wildman–Crippen LogP) is 13.8. The van der Waals surface area contributed by atoms with Crippen molar-refractivity contribution in [3.05, 3.63) is 157 Å². The van der Waals surface area contributed by atoms with Gasteiger partial charge in [0.05, 0.1) is 28.4 Å². The largest absolute Gasteiger partial charge is 0.490 e. The van der Waals surface area contributed by atoms with E-state index in [4.69, 9.17) is 28.1 Å². The van der Waals surface area contributed by atoms with Crippen LogP contribution in [0.1, 0.15) is 5.56 Å². The van der Waals surface area contributed by atoms with Crippen LogP contribution < -0.4 is 18.9 Å². The number of benzene rings is 6. The highest BCUT2D eigenvalue weighted by atomic mass is 32.2. The molecule has 6 aromatic rings. The highest BCUT2D eigenvalue weighted by Gasteiger charge is 2.75. The molecule has 0 amide bonds. The number of hydrogen-bond donors (Lipinski definition) is 2. The summed E-state index contributed by atoms with van der Waals surface area (Å²) >= 11 is 0. The molecule has 37 heteroatoms. The maximum Gasteiger partial charge on any atom is 0.432 e. The van der Waals surface area contributed by atoms with Crippen molar-refractivity contribution in [2.75, 3.05) is 40.5 Å². The van der Waals surface area contributed by atoms with Crippen molar-refractivity contribution in [1.82, 2.24) is 0 Å². The fraction of sp³-hybridized carbons (Fsp3) is 0.321. The van der Waals surface area contributed by atoms with Crippen LogP contribution in [-0.2, 0) is 67.6 Å². The summed E-state index contributed by atoms with van der Waals surface area (Å²) in [6.07, 6.45) is -35.1. The molecule has 0 heterocycles. The van der Waals surface area contributed by atoms with Crippen molar-refractivity contribution in [2.24, 2.45) is 0 Å². The van der Waals surface area contributed by atoms with Crippen molar-refractivity contribution in [3.63, 3.8) is 0 Å². The number of halogens is 19. The third-order valence-electron chi connectivity index (χ3n) is 12.2. The number of alkyl halides is 19. The third kappa shape index (κ3) is 17.0. The fourth-order valence-electron chi connectivity index (χ4n) is 7.49. The summed E-state index contributed by atoms with van der Waals surface area (Å²) in [5, 5.41) is -10.6. The van der Waals surface area contributed by atoms with Crippen LogP contribution in [0.4, 0.5) is 83.4 Å². The van der Waals surface area contributed by atoms with Crippen molar-refractivity contribution in [3.8, 4) is 23.0 Å². The van der Waals surface area contributed by atoms with Gasteiger partial charge in [0.15, 0.2) is 36.0 Å². The Morgan fingerprint density at radius 1 is 0.411 bits per heavy atom. The van der Waals surface area contributed by atoms with Crippen LogP contribution in [-0.4, -0.2) is 125 Å². The monoisotopic (exact) mass is 1390 g/mol. The second-order valence-electron chi connectivity index (χ2n) is 18.3.